The molecule has 1 aliphatic heterocycles. The summed E-state index contributed by atoms with van der Waals surface area (Å²) in [4.78, 5) is 0. The van der Waals surface area contributed by atoms with Gasteiger partial charge in [-0.15, -0.1) is 12.4 Å². The fraction of sp³-hybridized carbons (Fsp3) is 0.455. The molecule has 1 aromatic carbocycles. The Morgan fingerprint density at radius 1 is 1.33 bits per heavy atom. The van der Waals surface area contributed by atoms with Crippen molar-refractivity contribution < 1.29 is 9.84 Å². The SMILES string of the molecule is CC1(C)Oc2ccccc2C(N)C1O.Cl. The highest BCUT2D eigenvalue weighted by Crippen LogP contribution is 2.37. The molecule has 1 aliphatic rings. The van der Waals surface area contributed by atoms with Crippen LogP contribution in [0.5, 0.6) is 5.75 Å². The van der Waals surface area contributed by atoms with Gasteiger partial charge in [-0.1, -0.05) is 18.2 Å². The van der Waals surface area contributed by atoms with Crippen molar-refractivity contribution in [2.24, 2.45) is 5.73 Å². The van der Waals surface area contributed by atoms with Gasteiger partial charge in [-0.2, -0.15) is 0 Å². The molecule has 0 aromatic heterocycles. The van der Waals surface area contributed by atoms with Crippen LogP contribution < -0.4 is 10.5 Å². The van der Waals surface area contributed by atoms with Crippen LogP contribution in [-0.2, 0) is 0 Å². The Morgan fingerprint density at radius 2 is 1.93 bits per heavy atom. The van der Waals surface area contributed by atoms with E-state index in [4.69, 9.17) is 10.5 Å². The number of hydrogen-bond acceptors (Lipinski definition) is 3. The van der Waals surface area contributed by atoms with E-state index >= 15 is 0 Å². The molecule has 0 fully saturated rings. The van der Waals surface area contributed by atoms with E-state index in [2.05, 4.69) is 0 Å². The molecule has 1 aromatic rings. The second-order valence-corrected chi connectivity index (χ2v) is 4.21. The van der Waals surface area contributed by atoms with Crippen molar-refractivity contribution in [3.63, 3.8) is 0 Å². The van der Waals surface area contributed by atoms with Crippen LogP contribution in [0.15, 0.2) is 24.3 Å². The quantitative estimate of drug-likeness (QED) is 0.711. The van der Waals surface area contributed by atoms with Crippen LogP contribution in [-0.4, -0.2) is 16.8 Å². The minimum absolute atomic E-state index is 0. The van der Waals surface area contributed by atoms with Crippen molar-refractivity contribution in [1.82, 2.24) is 0 Å². The molecule has 0 radical (unpaired) electrons. The first kappa shape index (κ1) is 12.3. The van der Waals surface area contributed by atoms with Gasteiger partial charge in [0, 0.05) is 5.56 Å². The van der Waals surface area contributed by atoms with Crippen molar-refractivity contribution >= 4 is 12.4 Å². The molecule has 0 saturated heterocycles. The second kappa shape index (κ2) is 4.00. The molecule has 1 heterocycles. The third kappa shape index (κ3) is 1.95. The van der Waals surface area contributed by atoms with Gasteiger partial charge in [0.15, 0.2) is 0 Å². The fourth-order valence-corrected chi connectivity index (χ4v) is 1.80. The molecule has 84 valence electrons. The summed E-state index contributed by atoms with van der Waals surface area (Å²) in [5.74, 6) is 0.773. The number of hydrogen-bond donors (Lipinski definition) is 2. The van der Waals surface area contributed by atoms with E-state index in [1.165, 1.54) is 0 Å². The van der Waals surface area contributed by atoms with Crippen molar-refractivity contribution in [3.05, 3.63) is 29.8 Å². The number of benzene rings is 1. The summed E-state index contributed by atoms with van der Waals surface area (Å²) in [7, 11) is 0. The molecule has 0 spiro atoms. The Morgan fingerprint density at radius 3 is 2.60 bits per heavy atom. The number of ether oxygens (including phenoxy) is 1. The average Bonchev–Trinajstić information content (AvgIpc) is 2.14. The average molecular weight is 230 g/mol. The maximum atomic E-state index is 9.90. The van der Waals surface area contributed by atoms with Gasteiger partial charge in [-0.05, 0) is 19.9 Å². The van der Waals surface area contributed by atoms with Gasteiger partial charge >= 0.3 is 0 Å². The van der Waals surface area contributed by atoms with E-state index in [1.54, 1.807) is 0 Å². The Bertz CT molecular complexity index is 354. The Labute approximate surface area is 95.7 Å². The molecule has 0 aliphatic carbocycles. The van der Waals surface area contributed by atoms with Crippen LogP contribution in [0.2, 0.25) is 0 Å². The molecule has 3 N–H and O–H groups in total. The van der Waals surface area contributed by atoms with Crippen LogP contribution in [0.1, 0.15) is 25.5 Å². The first-order valence-electron chi connectivity index (χ1n) is 4.74. The first-order valence-corrected chi connectivity index (χ1v) is 4.74. The lowest BCUT2D eigenvalue weighted by molar-refractivity contribution is -0.0571. The van der Waals surface area contributed by atoms with E-state index in [9.17, 15) is 5.11 Å². The van der Waals surface area contributed by atoms with Crippen molar-refractivity contribution in [3.8, 4) is 5.75 Å². The van der Waals surface area contributed by atoms with Gasteiger partial charge in [0.1, 0.15) is 17.5 Å². The summed E-state index contributed by atoms with van der Waals surface area (Å²) in [6, 6.07) is 7.20. The summed E-state index contributed by atoms with van der Waals surface area (Å²) in [5, 5.41) is 9.90. The molecule has 3 nitrogen and oxygen atoms in total. The first-order chi connectivity index (χ1) is 6.52. The Hall–Kier alpha value is -0.770. The van der Waals surface area contributed by atoms with E-state index < -0.39 is 11.7 Å². The number of aliphatic hydroxyl groups is 1. The van der Waals surface area contributed by atoms with Gasteiger partial charge in [0.25, 0.3) is 0 Å². The molecule has 15 heavy (non-hydrogen) atoms. The second-order valence-electron chi connectivity index (χ2n) is 4.21. The molecule has 4 heteroatoms. The van der Waals surface area contributed by atoms with E-state index in [0.29, 0.717) is 0 Å². The zero-order chi connectivity index (χ0) is 10.3. The highest BCUT2D eigenvalue weighted by atomic mass is 35.5. The van der Waals surface area contributed by atoms with Gasteiger partial charge in [0.2, 0.25) is 0 Å². The topological polar surface area (TPSA) is 55.5 Å². The number of rotatable bonds is 0. The number of aliphatic hydroxyl groups excluding tert-OH is 1. The number of para-hydroxylation sites is 1. The number of halogens is 1. The highest BCUT2D eigenvalue weighted by molar-refractivity contribution is 5.85. The summed E-state index contributed by atoms with van der Waals surface area (Å²) >= 11 is 0. The van der Waals surface area contributed by atoms with Gasteiger partial charge in [0.05, 0.1) is 6.04 Å². The van der Waals surface area contributed by atoms with E-state index in [1.807, 2.05) is 38.1 Å². The maximum absolute atomic E-state index is 9.90. The lowest BCUT2D eigenvalue weighted by Crippen LogP contribution is -2.51. The van der Waals surface area contributed by atoms with Gasteiger partial charge < -0.3 is 15.6 Å². The molecule has 0 amide bonds. The maximum Gasteiger partial charge on any atom is 0.131 e. The van der Waals surface area contributed by atoms with E-state index in [-0.39, 0.29) is 18.4 Å². The third-order valence-electron chi connectivity index (χ3n) is 2.70. The molecule has 0 bridgehead atoms. The predicted molar refractivity (Wildman–Crippen MR) is 61.3 cm³/mol. The van der Waals surface area contributed by atoms with Crippen LogP contribution in [0, 0.1) is 0 Å². The largest absolute Gasteiger partial charge is 0.485 e. The van der Waals surface area contributed by atoms with Gasteiger partial charge in [-0.3, -0.25) is 0 Å². The summed E-state index contributed by atoms with van der Waals surface area (Å²) in [5.41, 5.74) is 6.19. The van der Waals surface area contributed by atoms with Crippen molar-refractivity contribution in [2.75, 3.05) is 0 Å². The van der Waals surface area contributed by atoms with Crippen LogP contribution in [0.3, 0.4) is 0 Å². The van der Waals surface area contributed by atoms with Crippen LogP contribution in [0.25, 0.3) is 0 Å². The third-order valence-corrected chi connectivity index (χ3v) is 2.70. The minimum atomic E-state index is -0.669. The summed E-state index contributed by atoms with van der Waals surface area (Å²) in [6.45, 7) is 3.68. The monoisotopic (exact) mass is 229 g/mol. The summed E-state index contributed by atoms with van der Waals surface area (Å²) in [6.07, 6.45) is -0.669. The van der Waals surface area contributed by atoms with Crippen molar-refractivity contribution in [1.29, 1.82) is 0 Å². The lowest BCUT2D eigenvalue weighted by atomic mass is 9.87. The standard InChI is InChI=1S/C11H15NO2.ClH/c1-11(2)10(13)9(12)7-5-3-4-6-8(7)14-11;/h3-6,9-10,13H,12H2,1-2H3;1H. The number of fused-ring (bicyclic) bond motifs is 1. The van der Waals surface area contributed by atoms with E-state index in [0.717, 1.165) is 11.3 Å². The minimum Gasteiger partial charge on any atom is -0.485 e. The van der Waals surface area contributed by atoms with Crippen molar-refractivity contribution in [2.45, 2.75) is 31.6 Å². The molecule has 2 unspecified atom stereocenters. The van der Waals surface area contributed by atoms with Crippen LogP contribution in [0.4, 0.5) is 0 Å². The molecule has 2 atom stereocenters. The zero-order valence-corrected chi connectivity index (χ0v) is 9.62. The molecule has 0 saturated carbocycles. The molecular weight excluding hydrogens is 214 g/mol. The fourth-order valence-electron chi connectivity index (χ4n) is 1.80. The smallest absolute Gasteiger partial charge is 0.131 e. The molecule has 2 rings (SSSR count). The normalized spacial score (nSPS) is 27.2. The zero-order valence-electron chi connectivity index (χ0n) is 8.81. The summed E-state index contributed by atoms with van der Waals surface area (Å²) < 4.78 is 5.67. The number of nitrogens with two attached hydrogens (primary N) is 1. The van der Waals surface area contributed by atoms with Crippen LogP contribution >= 0.6 is 12.4 Å². The van der Waals surface area contributed by atoms with Gasteiger partial charge in [-0.25, -0.2) is 0 Å². The Kier molecular flexibility index (Phi) is 3.28. The lowest BCUT2D eigenvalue weighted by Gasteiger charge is -2.40. The Balaban J connectivity index is 0.00000112. The predicted octanol–water partition coefficient (Wildman–Crippen LogP) is 1.64. The highest BCUT2D eigenvalue weighted by Gasteiger charge is 2.40. The molecular formula is C11H16ClNO2.